The largest absolute Gasteiger partial charge is 0.365 e. The molecule has 1 aliphatic heterocycles. The molecule has 1 aromatic rings. The molecule has 2 rings (SSSR count). The van der Waals surface area contributed by atoms with Crippen LogP contribution < -0.4 is 10.6 Å². The molecule has 2 atom stereocenters. The molecule has 0 spiro atoms. The average Bonchev–Trinajstić information content (AvgIpc) is 2.60. The molecule has 0 aromatic carbocycles. The number of pyridine rings is 1. The lowest BCUT2D eigenvalue weighted by Crippen LogP contribution is -2.39. The van der Waals surface area contributed by atoms with Gasteiger partial charge in [-0.3, -0.25) is 4.79 Å². The van der Waals surface area contributed by atoms with Crippen molar-refractivity contribution < 1.29 is 22.4 Å². The first-order chi connectivity index (χ1) is 9.91. The predicted octanol–water partition coefficient (Wildman–Crippen LogP) is 2.74. The van der Waals surface area contributed by atoms with E-state index in [-0.39, 0.29) is 24.3 Å². The smallest absolute Gasteiger partial charge is 0.280 e. The van der Waals surface area contributed by atoms with Gasteiger partial charge < -0.3 is 10.6 Å². The standard InChI is InChI=1S/C13H15F4N3O/c14-8-3-1-2-6-20(11(8)17)13-7(12(18)21)4-5-9(19-13)10(15)16/h4-5,8,10-11H,1-3,6H2,(H2,18,21). The van der Waals surface area contributed by atoms with Gasteiger partial charge in [0.05, 0.1) is 5.56 Å². The van der Waals surface area contributed by atoms with Crippen LogP contribution in [0.2, 0.25) is 0 Å². The minimum absolute atomic E-state index is 0.0398. The Morgan fingerprint density at radius 2 is 2.05 bits per heavy atom. The van der Waals surface area contributed by atoms with Crippen molar-refractivity contribution in [1.82, 2.24) is 4.98 Å². The number of anilines is 1. The second-order valence-electron chi connectivity index (χ2n) is 4.85. The molecule has 2 unspecified atom stereocenters. The summed E-state index contributed by atoms with van der Waals surface area (Å²) in [5.74, 6) is -1.25. The van der Waals surface area contributed by atoms with E-state index in [1.165, 1.54) is 0 Å². The zero-order valence-electron chi connectivity index (χ0n) is 11.1. The lowest BCUT2D eigenvalue weighted by atomic mass is 10.2. The van der Waals surface area contributed by atoms with Gasteiger partial charge in [0.25, 0.3) is 12.3 Å². The third-order valence-electron chi connectivity index (χ3n) is 3.38. The van der Waals surface area contributed by atoms with Crippen LogP contribution in [0.1, 0.15) is 41.7 Å². The summed E-state index contributed by atoms with van der Waals surface area (Å²) in [7, 11) is 0. The highest BCUT2D eigenvalue weighted by Gasteiger charge is 2.33. The highest BCUT2D eigenvalue weighted by molar-refractivity contribution is 5.97. The van der Waals surface area contributed by atoms with Crippen LogP contribution in [0.25, 0.3) is 0 Å². The molecule has 0 aliphatic carbocycles. The van der Waals surface area contributed by atoms with Gasteiger partial charge in [0.1, 0.15) is 17.7 Å². The van der Waals surface area contributed by atoms with Crippen molar-refractivity contribution in [2.45, 2.75) is 38.2 Å². The molecule has 0 radical (unpaired) electrons. The van der Waals surface area contributed by atoms with Gasteiger partial charge in [0, 0.05) is 6.54 Å². The van der Waals surface area contributed by atoms with Gasteiger partial charge in [-0.1, -0.05) is 0 Å². The predicted molar refractivity (Wildman–Crippen MR) is 68.7 cm³/mol. The fraction of sp³-hybridized carbons (Fsp3) is 0.538. The molecule has 1 amide bonds. The lowest BCUT2D eigenvalue weighted by molar-refractivity contribution is 0.0998. The van der Waals surface area contributed by atoms with Crippen molar-refractivity contribution in [3.8, 4) is 0 Å². The van der Waals surface area contributed by atoms with Crippen LogP contribution in [-0.2, 0) is 0 Å². The van der Waals surface area contributed by atoms with Crippen molar-refractivity contribution in [2.75, 3.05) is 11.4 Å². The maximum absolute atomic E-state index is 14.1. The summed E-state index contributed by atoms with van der Waals surface area (Å²) in [6, 6.07) is 2.02. The Morgan fingerprint density at radius 1 is 1.33 bits per heavy atom. The van der Waals surface area contributed by atoms with E-state index < -0.39 is 30.5 Å². The van der Waals surface area contributed by atoms with E-state index in [9.17, 15) is 22.4 Å². The van der Waals surface area contributed by atoms with Crippen molar-refractivity contribution in [3.63, 3.8) is 0 Å². The summed E-state index contributed by atoms with van der Waals surface area (Å²) in [5.41, 5.74) is 4.35. The second kappa shape index (κ2) is 6.28. The van der Waals surface area contributed by atoms with Crippen LogP contribution >= 0.6 is 0 Å². The monoisotopic (exact) mass is 305 g/mol. The minimum Gasteiger partial charge on any atom is -0.365 e. The van der Waals surface area contributed by atoms with Crippen LogP contribution in [0.15, 0.2) is 12.1 Å². The summed E-state index contributed by atoms with van der Waals surface area (Å²) in [6.45, 7) is 0.0849. The third-order valence-corrected chi connectivity index (χ3v) is 3.38. The number of nitrogens with two attached hydrogens (primary N) is 1. The second-order valence-corrected chi connectivity index (χ2v) is 4.85. The van der Waals surface area contributed by atoms with Gasteiger partial charge in [-0.25, -0.2) is 22.5 Å². The van der Waals surface area contributed by atoms with Crippen molar-refractivity contribution >= 4 is 11.7 Å². The fourth-order valence-electron chi connectivity index (χ4n) is 2.30. The number of rotatable bonds is 3. The van der Waals surface area contributed by atoms with Crippen molar-refractivity contribution in [2.24, 2.45) is 5.73 Å². The van der Waals surface area contributed by atoms with E-state index in [1.54, 1.807) is 0 Å². The number of nitrogens with zero attached hydrogens (tertiary/aromatic N) is 2. The van der Waals surface area contributed by atoms with E-state index in [1.807, 2.05) is 0 Å². The Balaban J connectivity index is 2.47. The summed E-state index contributed by atoms with van der Waals surface area (Å²) in [5, 5.41) is 0. The van der Waals surface area contributed by atoms with Gasteiger partial charge in [-0.05, 0) is 31.4 Å². The summed E-state index contributed by atoms with van der Waals surface area (Å²) in [6.07, 6.45) is -5.69. The van der Waals surface area contributed by atoms with Crippen molar-refractivity contribution in [1.29, 1.82) is 0 Å². The fourth-order valence-corrected chi connectivity index (χ4v) is 2.30. The van der Waals surface area contributed by atoms with Gasteiger partial charge >= 0.3 is 0 Å². The number of hydrogen-bond acceptors (Lipinski definition) is 3. The molecule has 0 bridgehead atoms. The molecule has 2 N–H and O–H groups in total. The van der Waals surface area contributed by atoms with Crippen LogP contribution in [0, 0.1) is 0 Å². The van der Waals surface area contributed by atoms with E-state index >= 15 is 0 Å². The van der Waals surface area contributed by atoms with E-state index in [2.05, 4.69) is 4.98 Å². The molecule has 21 heavy (non-hydrogen) atoms. The Kier molecular flexibility index (Phi) is 4.64. The number of aromatic nitrogens is 1. The molecular formula is C13H15F4N3O. The van der Waals surface area contributed by atoms with E-state index in [0.29, 0.717) is 12.8 Å². The van der Waals surface area contributed by atoms with Gasteiger partial charge in [0.2, 0.25) is 6.30 Å². The highest BCUT2D eigenvalue weighted by Crippen LogP contribution is 2.30. The van der Waals surface area contributed by atoms with Gasteiger partial charge in [0.15, 0.2) is 0 Å². The molecule has 1 saturated heterocycles. The Morgan fingerprint density at radius 3 is 2.67 bits per heavy atom. The number of halogens is 4. The molecule has 2 heterocycles. The number of amides is 1. The number of hydrogen-bond donors (Lipinski definition) is 1. The van der Waals surface area contributed by atoms with Crippen LogP contribution in [0.4, 0.5) is 23.4 Å². The zero-order chi connectivity index (χ0) is 15.6. The number of carbonyl (C=O) groups is 1. The first-order valence-corrected chi connectivity index (χ1v) is 6.55. The summed E-state index contributed by atoms with van der Waals surface area (Å²) in [4.78, 5) is 15.9. The topological polar surface area (TPSA) is 59.2 Å². The number of carbonyl (C=O) groups excluding carboxylic acids is 1. The molecule has 1 aliphatic rings. The molecule has 0 saturated carbocycles. The first kappa shape index (κ1) is 15.5. The zero-order valence-corrected chi connectivity index (χ0v) is 11.1. The number of alkyl halides is 4. The molecule has 116 valence electrons. The van der Waals surface area contributed by atoms with Crippen LogP contribution in [0.5, 0.6) is 0 Å². The molecule has 8 heteroatoms. The Labute approximate surface area is 118 Å². The summed E-state index contributed by atoms with van der Waals surface area (Å²) < 4.78 is 53.3. The molecule has 4 nitrogen and oxygen atoms in total. The van der Waals surface area contributed by atoms with E-state index in [4.69, 9.17) is 5.73 Å². The SMILES string of the molecule is NC(=O)c1ccc(C(F)F)nc1N1CCCCC(F)C1F. The normalized spacial score (nSPS) is 23.2. The average molecular weight is 305 g/mol. The summed E-state index contributed by atoms with van der Waals surface area (Å²) >= 11 is 0. The van der Waals surface area contributed by atoms with Crippen LogP contribution in [-0.4, -0.2) is 29.9 Å². The molecular weight excluding hydrogens is 290 g/mol. The highest BCUT2D eigenvalue weighted by atomic mass is 19.3. The third kappa shape index (κ3) is 3.25. The Bertz CT molecular complexity index is 526. The Hall–Kier alpha value is -1.86. The van der Waals surface area contributed by atoms with Crippen molar-refractivity contribution in [3.05, 3.63) is 23.4 Å². The maximum Gasteiger partial charge on any atom is 0.280 e. The molecule has 1 aromatic heterocycles. The minimum atomic E-state index is -2.88. The maximum atomic E-state index is 14.1. The lowest BCUT2D eigenvalue weighted by Gasteiger charge is -2.28. The van der Waals surface area contributed by atoms with Crippen LogP contribution in [0.3, 0.4) is 0 Å². The molecule has 1 fully saturated rings. The quantitative estimate of drug-likeness (QED) is 0.690. The van der Waals surface area contributed by atoms with Gasteiger partial charge in [-0.2, -0.15) is 0 Å². The first-order valence-electron chi connectivity index (χ1n) is 6.55. The van der Waals surface area contributed by atoms with Gasteiger partial charge in [-0.15, -0.1) is 0 Å². The van der Waals surface area contributed by atoms with E-state index in [0.717, 1.165) is 17.0 Å². The number of primary amides is 1.